The van der Waals surface area contributed by atoms with Gasteiger partial charge in [0.2, 0.25) is 5.78 Å². The van der Waals surface area contributed by atoms with Crippen LogP contribution in [0, 0.1) is 0 Å². The fourth-order valence-electron chi connectivity index (χ4n) is 2.60. The second kappa shape index (κ2) is 3.29. The molecule has 1 fully saturated rings. The third-order valence-corrected chi connectivity index (χ3v) is 3.43. The van der Waals surface area contributed by atoms with Gasteiger partial charge >= 0.3 is 5.97 Å². The molecule has 1 saturated heterocycles. The maximum absolute atomic E-state index is 12.4. The quantitative estimate of drug-likeness (QED) is 0.640. The first-order valence-electron chi connectivity index (χ1n) is 5.68. The molecule has 1 aliphatic heterocycles. The van der Waals surface area contributed by atoms with E-state index in [1.54, 1.807) is 12.1 Å². The molecule has 1 spiro atoms. The normalized spacial score (nSPS) is 26.8. The number of ketones is 1. The minimum atomic E-state index is -1.03. The molecule has 17 heavy (non-hydrogen) atoms. The van der Waals surface area contributed by atoms with Crippen LogP contribution >= 0.6 is 0 Å². The summed E-state index contributed by atoms with van der Waals surface area (Å²) in [7, 11) is 0. The number of rotatable bonds is 0. The van der Waals surface area contributed by atoms with E-state index in [2.05, 4.69) is 0 Å². The van der Waals surface area contributed by atoms with Crippen molar-refractivity contribution in [2.75, 3.05) is 0 Å². The van der Waals surface area contributed by atoms with E-state index < -0.39 is 5.60 Å². The second-order valence-corrected chi connectivity index (χ2v) is 4.57. The van der Waals surface area contributed by atoms with Crippen LogP contribution in [0.3, 0.4) is 0 Å². The van der Waals surface area contributed by atoms with Crippen molar-refractivity contribution in [3.8, 4) is 0 Å². The Morgan fingerprint density at radius 3 is 2.53 bits per heavy atom. The number of Topliss-reactive ketones (excluding diaryl/α,β-unsaturated/α-hetero) is 1. The molecule has 1 aromatic carbocycles. The van der Waals surface area contributed by atoms with Gasteiger partial charge in [0.15, 0.2) is 5.60 Å². The average molecular weight is 228 g/mol. The van der Waals surface area contributed by atoms with Gasteiger partial charge in [0.1, 0.15) is 0 Å². The molecule has 1 aliphatic carbocycles. The fourth-order valence-corrected chi connectivity index (χ4v) is 2.60. The maximum Gasteiger partial charge on any atom is 0.307 e. The third-order valence-electron chi connectivity index (χ3n) is 3.43. The SMILES string of the molecule is CC1=C[C@]2(CCC(=O)O2)C(=O)c2ccccc21. The van der Waals surface area contributed by atoms with Gasteiger partial charge in [-0.05, 0) is 24.1 Å². The fraction of sp³-hybridized carbons (Fsp3) is 0.286. The van der Waals surface area contributed by atoms with Crippen LogP contribution in [0.15, 0.2) is 30.3 Å². The average Bonchev–Trinajstić information content (AvgIpc) is 2.69. The summed E-state index contributed by atoms with van der Waals surface area (Å²) in [5.74, 6) is -0.383. The van der Waals surface area contributed by atoms with E-state index in [-0.39, 0.29) is 11.8 Å². The molecule has 0 amide bonds. The van der Waals surface area contributed by atoms with Gasteiger partial charge in [-0.2, -0.15) is 0 Å². The van der Waals surface area contributed by atoms with Gasteiger partial charge in [0.05, 0.1) is 6.42 Å². The van der Waals surface area contributed by atoms with Crippen LogP contribution in [0.1, 0.15) is 35.7 Å². The molecule has 1 aromatic rings. The first kappa shape index (κ1) is 10.3. The summed E-state index contributed by atoms with van der Waals surface area (Å²) in [5, 5.41) is 0. The van der Waals surface area contributed by atoms with Gasteiger partial charge in [-0.25, -0.2) is 0 Å². The monoisotopic (exact) mass is 228 g/mol. The molecule has 1 atom stereocenters. The number of benzene rings is 1. The highest BCUT2D eigenvalue weighted by Gasteiger charge is 2.48. The van der Waals surface area contributed by atoms with E-state index in [0.29, 0.717) is 18.4 Å². The largest absolute Gasteiger partial charge is 0.446 e. The molecular formula is C14H12O3. The van der Waals surface area contributed by atoms with E-state index >= 15 is 0 Å². The van der Waals surface area contributed by atoms with E-state index in [4.69, 9.17) is 4.74 Å². The van der Waals surface area contributed by atoms with Crippen LogP contribution in [0.5, 0.6) is 0 Å². The lowest BCUT2D eigenvalue weighted by Crippen LogP contribution is -2.39. The predicted octanol–water partition coefficient (Wildman–Crippen LogP) is 2.36. The molecule has 0 bridgehead atoms. The number of ether oxygens (including phenoxy) is 1. The number of esters is 1. The number of fused-ring (bicyclic) bond motifs is 1. The minimum Gasteiger partial charge on any atom is -0.446 e. The van der Waals surface area contributed by atoms with Gasteiger partial charge in [-0.3, -0.25) is 9.59 Å². The number of hydrogen-bond donors (Lipinski definition) is 0. The molecule has 3 heteroatoms. The Labute approximate surface area is 99.1 Å². The smallest absolute Gasteiger partial charge is 0.307 e. The molecular weight excluding hydrogens is 216 g/mol. The lowest BCUT2D eigenvalue weighted by atomic mass is 9.79. The van der Waals surface area contributed by atoms with Crippen molar-refractivity contribution in [1.29, 1.82) is 0 Å². The summed E-state index contributed by atoms with van der Waals surface area (Å²) in [6.45, 7) is 1.94. The number of carbonyl (C=O) groups excluding carboxylic acids is 2. The standard InChI is InChI=1S/C14H12O3/c1-9-8-14(7-6-12(15)17-14)13(16)11-5-3-2-4-10(9)11/h2-5,8H,6-7H2,1H3/t14-/m1/s1. The Morgan fingerprint density at radius 2 is 1.88 bits per heavy atom. The van der Waals surface area contributed by atoms with Crippen molar-refractivity contribution < 1.29 is 14.3 Å². The van der Waals surface area contributed by atoms with Gasteiger partial charge in [0.25, 0.3) is 0 Å². The van der Waals surface area contributed by atoms with Crippen molar-refractivity contribution in [1.82, 2.24) is 0 Å². The first-order valence-corrected chi connectivity index (χ1v) is 5.68. The van der Waals surface area contributed by atoms with E-state index in [1.807, 2.05) is 25.1 Å². The Hall–Kier alpha value is -1.90. The number of hydrogen-bond acceptors (Lipinski definition) is 3. The zero-order valence-corrected chi connectivity index (χ0v) is 9.53. The molecule has 3 rings (SSSR count). The van der Waals surface area contributed by atoms with Crippen LogP contribution in [0.2, 0.25) is 0 Å². The van der Waals surface area contributed by atoms with Gasteiger partial charge in [-0.15, -0.1) is 0 Å². The van der Waals surface area contributed by atoms with Gasteiger partial charge in [-0.1, -0.05) is 24.3 Å². The molecule has 0 radical (unpaired) electrons. The third kappa shape index (κ3) is 1.35. The van der Waals surface area contributed by atoms with Crippen LogP contribution in [0.25, 0.3) is 5.57 Å². The molecule has 2 aliphatic rings. The van der Waals surface area contributed by atoms with E-state index in [1.165, 1.54) is 0 Å². The Balaban J connectivity index is 2.17. The molecule has 0 unspecified atom stereocenters. The van der Waals surface area contributed by atoms with Crippen LogP contribution in [-0.4, -0.2) is 17.4 Å². The summed E-state index contributed by atoms with van der Waals surface area (Å²) >= 11 is 0. The highest BCUT2D eigenvalue weighted by molar-refractivity contribution is 6.12. The van der Waals surface area contributed by atoms with Gasteiger partial charge in [0, 0.05) is 12.0 Å². The van der Waals surface area contributed by atoms with Crippen LogP contribution < -0.4 is 0 Å². The zero-order valence-electron chi connectivity index (χ0n) is 9.53. The lowest BCUT2D eigenvalue weighted by molar-refractivity contribution is -0.143. The van der Waals surface area contributed by atoms with Crippen molar-refractivity contribution in [2.24, 2.45) is 0 Å². The maximum atomic E-state index is 12.4. The summed E-state index contributed by atoms with van der Waals surface area (Å²) in [6.07, 6.45) is 2.57. The zero-order chi connectivity index (χ0) is 12.0. The Kier molecular flexibility index (Phi) is 1.99. The Bertz CT molecular complexity index is 556. The van der Waals surface area contributed by atoms with Crippen LogP contribution in [-0.2, 0) is 9.53 Å². The second-order valence-electron chi connectivity index (χ2n) is 4.57. The van der Waals surface area contributed by atoms with Gasteiger partial charge < -0.3 is 4.74 Å². The van der Waals surface area contributed by atoms with Crippen molar-refractivity contribution in [3.63, 3.8) is 0 Å². The number of allylic oxidation sites excluding steroid dienone is 1. The molecule has 0 saturated carbocycles. The minimum absolute atomic E-state index is 0.0930. The molecule has 0 aromatic heterocycles. The van der Waals surface area contributed by atoms with Crippen molar-refractivity contribution in [2.45, 2.75) is 25.4 Å². The van der Waals surface area contributed by atoms with E-state index in [0.717, 1.165) is 11.1 Å². The predicted molar refractivity (Wildman–Crippen MR) is 62.5 cm³/mol. The molecule has 1 heterocycles. The highest BCUT2D eigenvalue weighted by Crippen LogP contribution is 2.39. The van der Waals surface area contributed by atoms with Crippen molar-refractivity contribution in [3.05, 3.63) is 41.5 Å². The topological polar surface area (TPSA) is 43.4 Å². The van der Waals surface area contributed by atoms with Crippen molar-refractivity contribution >= 4 is 17.3 Å². The van der Waals surface area contributed by atoms with Crippen LogP contribution in [0.4, 0.5) is 0 Å². The molecule has 0 N–H and O–H groups in total. The summed E-state index contributed by atoms with van der Waals surface area (Å²) < 4.78 is 5.26. The molecule has 3 nitrogen and oxygen atoms in total. The summed E-state index contributed by atoms with van der Waals surface area (Å²) in [6, 6.07) is 7.45. The lowest BCUT2D eigenvalue weighted by Gasteiger charge is -2.28. The van der Waals surface area contributed by atoms with E-state index in [9.17, 15) is 9.59 Å². The summed E-state index contributed by atoms with van der Waals surface area (Å²) in [4.78, 5) is 23.7. The first-order chi connectivity index (χ1) is 8.12. The summed E-state index contributed by atoms with van der Waals surface area (Å²) in [5.41, 5.74) is 1.55. The Morgan fingerprint density at radius 1 is 1.18 bits per heavy atom. The molecule has 86 valence electrons. The highest BCUT2D eigenvalue weighted by atomic mass is 16.6. The number of carbonyl (C=O) groups is 2.